The summed E-state index contributed by atoms with van der Waals surface area (Å²) in [6, 6.07) is 15.9. The molecule has 1 fully saturated rings. The maximum absolute atomic E-state index is 12.1. The molecule has 1 atom stereocenters. The number of piperidine rings is 1. The minimum Gasteiger partial charge on any atom is -0.493 e. The van der Waals surface area contributed by atoms with Crippen molar-refractivity contribution in [3.63, 3.8) is 0 Å². The van der Waals surface area contributed by atoms with Crippen LogP contribution < -0.4 is 15.4 Å². The number of hydrogen-bond acceptors (Lipinski definition) is 7. The molecule has 0 bridgehead atoms. The Bertz CT molecular complexity index is 1120. The lowest BCUT2D eigenvalue weighted by atomic mass is 10.1. The third-order valence-corrected chi connectivity index (χ3v) is 6.06. The van der Waals surface area contributed by atoms with Crippen LogP contribution in [0.4, 0.5) is 5.69 Å². The summed E-state index contributed by atoms with van der Waals surface area (Å²) < 4.78 is 17.0. The second-order valence-corrected chi connectivity index (χ2v) is 9.15. The normalized spacial score (nSPS) is 14.7. The number of nitrogens with zero attached hydrogens (tertiary/aromatic N) is 2. The van der Waals surface area contributed by atoms with Crippen molar-refractivity contribution in [3.8, 4) is 17.2 Å². The predicted octanol–water partition coefficient (Wildman–Crippen LogP) is 5.01. The van der Waals surface area contributed by atoms with Gasteiger partial charge in [0.2, 0.25) is 5.89 Å². The average molecular weight is 477 g/mol. The Balaban J connectivity index is 1.34. The Kier molecular flexibility index (Phi) is 8.08. The molecule has 2 N–H and O–H groups in total. The number of aromatic nitrogens is 1. The average Bonchev–Trinajstić information content (AvgIpc) is 3.24. The lowest BCUT2D eigenvalue weighted by Crippen LogP contribution is -2.29. The molecular formula is C28H34N3O4. The number of carbonyl (C=O) groups excluding carboxylic acids is 1. The number of benzene rings is 2. The van der Waals surface area contributed by atoms with Crippen LogP contribution in [0.15, 0.2) is 46.9 Å². The summed E-state index contributed by atoms with van der Waals surface area (Å²) >= 11 is 0. The molecule has 1 aliphatic rings. The number of rotatable bonds is 9. The summed E-state index contributed by atoms with van der Waals surface area (Å²) in [7, 11) is 0. The van der Waals surface area contributed by atoms with Crippen molar-refractivity contribution < 1.29 is 18.7 Å². The van der Waals surface area contributed by atoms with E-state index in [-0.39, 0.29) is 6.10 Å². The largest absolute Gasteiger partial charge is 0.493 e. The van der Waals surface area contributed by atoms with E-state index in [2.05, 4.69) is 35.2 Å². The molecule has 1 aromatic heterocycles. The number of hydrogen-bond donors (Lipinski definition) is 1. The van der Waals surface area contributed by atoms with Gasteiger partial charge >= 0.3 is 5.97 Å². The molecule has 0 spiro atoms. The van der Waals surface area contributed by atoms with Gasteiger partial charge in [0.05, 0.1) is 18.4 Å². The number of nitrogens with two attached hydrogens (primary N) is 1. The smallest absolute Gasteiger partial charge is 0.327 e. The van der Waals surface area contributed by atoms with E-state index < -0.39 is 12.0 Å². The van der Waals surface area contributed by atoms with Crippen molar-refractivity contribution in [3.05, 3.63) is 65.5 Å². The summed E-state index contributed by atoms with van der Waals surface area (Å²) in [5, 5.41) is 0. The van der Waals surface area contributed by atoms with Gasteiger partial charge in [-0.1, -0.05) is 12.1 Å². The van der Waals surface area contributed by atoms with Crippen molar-refractivity contribution in [2.24, 2.45) is 5.73 Å². The van der Waals surface area contributed by atoms with E-state index in [1.807, 2.05) is 6.92 Å². The molecule has 1 saturated heterocycles. The Morgan fingerprint density at radius 2 is 1.89 bits per heavy atom. The van der Waals surface area contributed by atoms with Crippen molar-refractivity contribution >= 4 is 11.7 Å². The maximum atomic E-state index is 12.1. The molecule has 1 radical (unpaired) electrons. The maximum Gasteiger partial charge on any atom is 0.327 e. The lowest BCUT2D eigenvalue weighted by Gasteiger charge is -2.28. The van der Waals surface area contributed by atoms with E-state index in [0.717, 1.165) is 30.1 Å². The number of aryl methyl sites for hydroxylation is 1. The first-order chi connectivity index (χ1) is 16.9. The van der Waals surface area contributed by atoms with Gasteiger partial charge in [0.1, 0.15) is 17.6 Å². The standard InChI is InChI=1S/C28H34N3O4/c1-19(2)34-28(32)26(29)22-8-7-9-24(18-22)33-17-14-25-20(3)35-27(30-25)21-10-12-23(13-11-21)31-15-5-4-6-16-31/h7-13,19,26H,4-6,14-17,29H2,1-3H3. The Labute approximate surface area is 207 Å². The van der Waals surface area contributed by atoms with Crippen LogP contribution in [0, 0.1) is 13.0 Å². The zero-order valence-electron chi connectivity index (χ0n) is 20.8. The first-order valence-electron chi connectivity index (χ1n) is 12.3. The molecule has 0 aliphatic carbocycles. The van der Waals surface area contributed by atoms with E-state index in [4.69, 9.17) is 24.6 Å². The minimum absolute atomic E-state index is 0.226. The summed E-state index contributed by atoms with van der Waals surface area (Å²) in [6.45, 7) is 8.13. The summed E-state index contributed by atoms with van der Waals surface area (Å²) in [5.74, 6) is 1.43. The third-order valence-electron chi connectivity index (χ3n) is 6.06. The fraction of sp³-hybridized carbons (Fsp3) is 0.429. The van der Waals surface area contributed by atoms with Crippen LogP contribution in [-0.4, -0.2) is 36.8 Å². The van der Waals surface area contributed by atoms with Gasteiger partial charge in [-0.05, 0) is 75.9 Å². The molecule has 35 heavy (non-hydrogen) atoms. The van der Waals surface area contributed by atoms with Gasteiger partial charge in [-0.15, -0.1) is 0 Å². The zero-order chi connectivity index (χ0) is 24.8. The summed E-state index contributed by atoms with van der Waals surface area (Å²) in [6.07, 6.45) is 4.19. The molecule has 185 valence electrons. The third kappa shape index (κ3) is 6.42. The molecule has 7 nitrogen and oxygen atoms in total. The van der Waals surface area contributed by atoms with Crippen LogP contribution in [0.3, 0.4) is 0 Å². The van der Waals surface area contributed by atoms with Crippen LogP contribution in [0.25, 0.3) is 11.5 Å². The Morgan fingerprint density at radius 3 is 2.60 bits per heavy atom. The molecule has 1 unspecified atom stereocenters. The zero-order valence-corrected chi connectivity index (χ0v) is 20.8. The minimum atomic E-state index is -0.900. The van der Waals surface area contributed by atoms with Gasteiger partial charge in [0.25, 0.3) is 0 Å². The van der Waals surface area contributed by atoms with Crippen LogP contribution in [0.1, 0.15) is 56.2 Å². The van der Waals surface area contributed by atoms with E-state index in [9.17, 15) is 4.79 Å². The van der Waals surface area contributed by atoms with Crippen LogP contribution in [0.5, 0.6) is 5.75 Å². The van der Waals surface area contributed by atoms with Crippen LogP contribution in [-0.2, 0) is 16.0 Å². The highest BCUT2D eigenvalue weighted by Gasteiger charge is 2.19. The van der Waals surface area contributed by atoms with Gasteiger partial charge < -0.3 is 24.5 Å². The van der Waals surface area contributed by atoms with Gasteiger partial charge in [-0.25, -0.2) is 9.78 Å². The highest BCUT2D eigenvalue weighted by atomic mass is 16.5. The van der Waals surface area contributed by atoms with Gasteiger partial charge in [-0.3, -0.25) is 0 Å². The van der Waals surface area contributed by atoms with E-state index in [0.29, 0.717) is 30.2 Å². The molecule has 0 saturated carbocycles. The molecule has 1 aliphatic heterocycles. The Morgan fingerprint density at radius 1 is 1.14 bits per heavy atom. The van der Waals surface area contributed by atoms with Gasteiger partial charge in [0.15, 0.2) is 0 Å². The molecule has 3 aromatic rings. The van der Waals surface area contributed by atoms with Crippen molar-refractivity contribution in [2.45, 2.75) is 58.6 Å². The van der Waals surface area contributed by atoms with Crippen molar-refractivity contribution in [1.82, 2.24) is 4.98 Å². The number of oxazole rings is 1. The lowest BCUT2D eigenvalue weighted by molar-refractivity contribution is -0.149. The highest BCUT2D eigenvalue weighted by Crippen LogP contribution is 2.26. The molecule has 2 heterocycles. The summed E-state index contributed by atoms with van der Waals surface area (Å²) in [5.41, 5.74) is 9.62. The molecule has 4 rings (SSSR count). The Hall–Kier alpha value is -3.32. The SMILES string of the molecule is Cc1oc(-c2ccc(N3CCCCC3)cc2)nc1CCOc1[c]c(C(N)C(=O)OC(C)C)ccc1. The first-order valence-corrected chi connectivity index (χ1v) is 12.3. The second kappa shape index (κ2) is 11.4. The fourth-order valence-corrected chi connectivity index (χ4v) is 4.17. The molecular weight excluding hydrogens is 442 g/mol. The monoisotopic (exact) mass is 476 g/mol. The fourth-order valence-electron chi connectivity index (χ4n) is 4.17. The predicted molar refractivity (Wildman–Crippen MR) is 135 cm³/mol. The molecule has 0 amide bonds. The topological polar surface area (TPSA) is 90.8 Å². The molecule has 2 aromatic carbocycles. The highest BCUT2D eigenvalue weighted by molar-refractivity contribution is 5.77. The number of esters is 1. The summed E-state index contributed by atoms with van der Waals surface area (Å²) in [4.78, 5) is 19.2. The first kappa shape index (κ1) is 24.8. The van der Waals surface area contributed by atoms with Crippen molar-refractivity contribution in [2.75, 3.05) is 24.6 Å². The van der Waals surface area contributed by atoms with Crippen LogP contribution in [0.2, 0.25) is 0 Å². The van der Waals surface area contributed by atoms with Gasteiger partial charge in [0, 0.05) is 36.8 Å². The number of anilines is 1. The molecule has 7 heteroatoms. The van der Waals surface area contributed by atoms with E-state index >= 15 is 0 Å². The quantitative estimate of drug-likeness (QED) is 0.434. The van der Waals surface area contributed by atoms with Crippen LogP contribution >= 0.6 is 0 Å². The number of ether oxygens (including phenoxy) is 2. The van der Waals surface area contributed by atoms with Crippen molar-refractivity contribution in [1.29, 1.82) is 0 Å². The number of carbonyl (C=O) groups is 1. The van der Waals surface area contributed by atoms with E-state index in [1.54, 1.807) is 32.0 Å². The van der Waals surface area contributed by atoms with E-state index in [1.165, 1.54) is 24.9 Å². The second-order valence-electron chi connectivity index (χ2n) is 9.15. The van der Waals surface area contributed by atoms with Gasteiger partial charge in [-0.2, -0.15) is 0 Å².